The summed E-state index contributed by atoms with van der Waals surface area (Å²) in [7, 11) is 0. The Labute approximate surface area is 107 Å². The predicted octanol–water partition coefficient (Wildman–Crippen LogP) is 1.70. The molecule has 2 heterocycles. The summed E-state index contributed by atoms with van der Waals surface area (Å²) in [6.45, 7) is 3.65. The second kappa shape index (κ2) is 6.54. The molecular formula is C13H21N3O2. The van der Waals surface area contributed by atoms with Crippen LogP contribution in [0.2, 0.25) is 0 Å². The molecule has 0 spiro atoms. The van der Waals surface area contributed by atoms with E-state index in [-0.39, 0.29) is 5.56 Å². The molecule has 5 nitrogen and oxygen atoms in total. The van der Waals surface area contributed by atoms with Gasteiger partial charge in [0.2, 0.25) is 0 Å². The van der Waals surface area contributed by atoms with Gasteiger partial charge in [-0.25, -0.2) is 4.98 Å². The molecular weight excluding hydrogens is 230 g/mol. The van der Waals surface area contributed by atoms with Crippen molar-refractivity contribution < 1.29 is 4.74 Å². The lowest BCUT2D eigenvalue weighted by atomic mass is 10.1. The normalized spacial score (nSPS) is 19.7. The van der Waals surface area contributed by atoms with Crippen molar-refractivity contribution in [3.63, 3.8) is 0 Å². The first-order valence-electron chi connectivity index (χ1n) is 6.73. The second-order valence-corrected chi connectivity index (χ2v) is 4.63. The molecule has 1 unspecified atom stereocenters. The van der Waals surface area contributed by atoms with Gasteiger partial charge in [-0.3, -0.25) is 4.79 Å². The zero-order valence-electron chi connectivity index (χ0n) is 10.9. The van der Waals surface area contributed by atoms with Gasteiger partial charge in [0.1, 0.15) is 11.6 Å². The maximum atomic E-state index is 11.4. The number of H-pyrrole nitrogens is 1. The third-order valence-electron chi connectivity index (χ3n) is 3.17. The monoisotopic (exact) mass is 251 g/mol. The van der Waals surface area contributed by atoms with Gasteiger partial charge in [0.25, 0.3) is 5.56 Å². The minimum Gasteiger partial charge on any atom is -0.378 e. The topological polar surface area (TPSA) is 67.0 Å². The maximum Gasteiger partial charge on any atom is 0.252 e. The zero-order valence-corrected chi connectivity index (χ0v) is 10.9. The van der Waals surface area contributed by atoms with Gasteiger partial charge in [-0.15, -0.1) is 0 Å². The van der Waals surface area contributed by atoms with E-state index >= 15 is 0 Å². The highest BCUT2D eigenvalue weighted by molar-refractivity contribution is 5.32. The van der Waals surface area contributed by atoms with Crippen LogP contribution in [0.25, 0.3) is 0 Å². The Balaban J connectivity index is 1.82. The molecule has 1 fully saturated rings. The van der Waals surface area contributed by atoms with Crippen molar-refractivity contribution in [2.24, 2.45) is 0 Å². The van der Waals surface area contributed by atoms with Gasteiger partial charge in [0, 0.05) is 25.6 Å². The standard InChI is InChI=1S/C13H21N3O2/c1-2-11-15-12(9-13(17)16-11)14-7-6-10-5-3-4-8-18-10/h9-10H,2-8H2,1H3,(H2,14,15,16,17). The van der Waals surface area contributed by atoms with Gasteiger partial charge >= 0.3 is 0 Å². The van der Waals surface area contributed by atoms with Crippen LogP contribution in [0.5, 0.6) is 0 Å². The summed E-state index contributed by atoms with van der Waals surface area (Å²) in [5.41, 5.74) is -0.0988. The van der Waals surface area contributed by atoms with Crippen LogP contribution in [-0.2, 0) is 11.2 Å². The molecule has 5 heteroatoms. The number of hydrogen-bond acceptors (Lipinski definition) is 4. The van der Waals surface area contributed by atoms with E-state index in [0.29, 0.717) is 11.9 Å². The Bertz CT molecular complexity index is 424. The van der Waals surface area contributed by atoms with E-state index in [9.17, 15) is 4.79 Å². The summed E-state index contributed by atoms with van der Waals surface area (Å²) in [6, 6.07) is 1.50. The predicted molar refractivity (Wildman–Crippen MR) is 70.9 cm³/mol. The van der Waals surface area contributed by atoms with E-state index in [1.165, 1.54) is 18.9 Å². The molecule has 2 rings (SSSR count). The van der Waals surface area contributed by atoms with Crippen molar-refractivity contribution in [2.45, 2.75) is 45.1 Å². The third-order valence-corrected chi connectivity index (χ3v) is 3.17. The average Bonchev–Trinajstić information content (AvgIpc) is 2.39. The summed E-state index contributed by atoms with van der Waals surface area (Å²) < 4.78 is 5.66. The van der Waals surface area contributed by atoms with E-state index in [0.717, 1.165) is 38.2 Å². The minimum absolute atomic E-state index is 0.0988. The first-order valence-corrected chi connectivity index (χ1v) is 6.73. The van der Waals surface area contributed by atoms with Crippen molar-refractivity contribution in [1.82, 2.24) is 9.97 Å². The van der Waals surface area contributed by atoms with Crippen molar-refractivity contribution in [3.05, 3.63) is 22.2 Å². The lowest BCUT2D eigenvalue weighted by Crippen LogP contribution is -2.22. The lowest BCUT2D eigenvalue weighted by Gasteiger charge is -2.22. The summed E-state index contributed by atoms with van der Waals surface area (Å²) in [5, 5.41) is 3.20. The van der Waals surface area contributed by atoms with Crippen molar-refractivity contribution in [2.75, 3.05) is 18.5 Å². The number of aromatic amines is 1. The van der Waals surface area contributed by atoms with Crippen LogP contribution in [0, 0.1) is 0 Å². The van der Waals surface area contributed by atoms with Crippen LogP contribution >= 0.6 is 0 Å². The number of aryl methyl sites for hydroxylation is 1. The van der Waals surface area contributed by atoms with Gasteiger partial charge in [-0.2, -0.15) is 0 Å². The van der Waals surface area contributed by atoms with Crippen LogP contribution in [-0.4, -0.2) is 29.2 Å². The van der Waals surface area contributed by atoms with E-state index < -0.39 is 0 Å². The summed E-state index contributed by atoms with van der Waals surface area (Å²) in [4.78, 5) is 18.4. The van der Waals surface area contributed by atoms with Crippen LogP contribution < -0.4 is 10.9 Å². The first-order chi connectivity index (χ1) is 8.78. The molecule has 18 heavy (non-hydrogen) atoms. The molecule has 100 valence electrons. The Kier molecular flexibility index (Phi) is 4.75. The van der Waals surface area contributed by atoms with E-state index in [2.05, 4.69) is 15.3 Å². The number of nitrogens with zero attached hydrogens (tertiary/aromatic N) is 1. The molecule has 1 aliphatic heterocycles. The number of hydrogen-bond donors (Lipinski definition) is 2. The molecule has 0 amide bonds. The Hall–Kier alpha value is -1.36. The van der Waals surface area contributed by atoms with E-state index in [1.54, 1.807) is 0 Å². The Morgan fingerprint density at radius 2 is 2.44 bits per heavy atom. The summed E-state index contributed by atoms with van der Waals surface area (Å²) in [5.74, 6) is 1.38. The molecule has 0 bridgehead atoms. The molecule has 1 atom stereocenters. The van der Waals surface area contributed by atoms with Crippen molar-refractivity contribution >= 4 is 5.82 Å². The molecule has 1 saturated heterocycles. The molecule has 0 aromatic carbocycles. The molecule has 0 radical (unpaired) electrons. The first kappa shape index (κ1) is 13.1. The highest BCUT2D eigenvalue weighted by Gasteiger charge is 2.13. The van der Waals surface area contributed by atoms with Crippen LogP contribution in [0.15, 0.2) is 10.9 Å². The summed E-state index contributed by atoms with van der Waals surface area (Å²) >= 11 is 0. The number of aromatic nitrogens is 2. The van der Waals surface area contributed by atoms with E-state index in [1.807, 2.05) is 6.92 Å². The fourth-order valence-electron chi connectivity index (χ4n) is 2.16. The summed E-state index contributed by atoms with van der Waals surface area (Å²) in [6.07, 6.45) is 5.64. The fraction of sp³-hybridized carbons (Fsp3) is 0.692. The average molecular weight is 251 g/mol. The van der Waals surface area contributed by atoms with Crippen LogP contribution in [0.4, 0.5) is 5.82 Å². The molecule has 1 aromatic heterocycles. The van der Waals surface area contributed by atoms with Crippen molar-refractivity contribution in [1.29, 1.82) is 0 Å². The maximum absolute atomic E-state index is 11.4. The molecule has 0 saturated carbocycles. The quantitative estimate of drug-likeness (QED) is 0.836. The molecule has 0 aliphatic carbocycles. The lowest BCUT2D eigenvalue weighted by molar-refractivity contribution is 0.0134. The largest absolute Gasteiger partial charge is 0.378 e. The molecule has 1 aromatic rings. The minimum atomic E-state index is -0.0988. The number of nitrogens with one attached hydrogen (secondary N) is 2. The highest BCUT2D eigenvalue weighted by atomic mass is 16.5. The van der Waals surface area contributed by atoms with Gasteiger partial charge in [-0.1, -0.05) is 6.92 Å². The fourth-order valence-corrected chi connectivity index (χ4v) is 2.16. The number of ether oxygens (including phenoxy) is 1. The van der Waals surface area contributed by atoms with Gasteiger partial charge in [0.05, 0.1) is 6.10 Å². The van der Waals surface area contributed by atoms with Gasteiger partial charge in [-0.05, 0) is 25.7 Å². The highest BCUT2D eigenvalue weighted by Crippen LogP contribution is 2.15. The number of rotatable bonds is 5. The van der Waals surface area contributed by atoms with Crippen LogP contribution in [0.1, 0.15) is 38.4 Å². The zero-order chi connectivity index (χ0) is 12.8. The van der Waals surface area contributed by atoms with Crippen molar-refractivity contribution in [3.8, 4) is 0 Å². The van der Waals surface area contributed by atoms with Gasteiger partial charge < -0.3 is 15.0 Å². The molecule has 2 N–H and O–H groups in total. The second-order valence-electron chi connectivity index (χ2n) is 4.63. The smallest absolute Gasteiger partial charge is 0.252 e. The Morgan fingerprint density at radius 1 is 1.56 bits per heavy atom. The van der Waals surface area contributed by atoms with Crippen LogP contribution in [0.3, 0.4) is 0 Å². The van der Waals surface area contributed by atoms with Gasteiger partial charge in [0.15, 0.2) is 0 Å². The van der Waals surface area contributed by atoms with E-state index in [4.69, 9.17) is 4.74 Å². The molecule has 1 aliphatic rings. The SMILES string of the molecule is CCc1nc(NCCC2CCCCO2)cc(=O)[nH]1. The Morgan fingerprint density at radius 3 is 3.17 bits per heavy atom. The third kappa shape index (κ3) is 3.84. The number of anilines is 1.